The summed E-state index contributed by atoms with van der Waals surface area (Å²) in [6.45, 7) is 2.12. The van der Waals surface area contributed by atoms with Gasteiger partial charge in [0, 0.05) is 43.1 Å². The van der Waals surface area contributed by atoms with Gasteiger partial charge in [0.15, 0.2) is 5.11 Å². The maximum Gasteiger partial charge on any atom is 0.257 e. The number of nitrogens with one attached hydrogen (secondary N) is 2. The Hall–Kier alpha value is -3.27. The number of carbonyl (C=O) groups excluding carboxylic acids is 1. The third-order valence-electron chi connectivity index (χ3n) is 5.37. The van der Waals surface area contributed by atoms with Crippen LogP contribution in [0.2, 0.25) is 0 Å². The Morgan fingerprint density at radius 1 is 0.788 bits per heavy atom. The lowest BCUT2D eigenvalue weighted by Gasteiger charge is -2.35. The molecule has 0 unspecified atom stereocenters. The van der Waals surface area contributed by atoms with E-state index < -0.39 is 10.0 Å². The average molecular weight is 481 g/mol. The van der Waals surface area contributed by atoms with Crippen LogP contribution >= 0.6 is 12.2 Å². The van der Waals surface area contributed by atoms with Crippen molar-refractivity contribution in [2.75, 3.05) is 36.4 Å². The van der Waals surface area contributed by atoms with Crippen LogP contribution in [0, 0.1) is 0 Å². The molecule has 1 amide bonds. The molecule has 0 bridgehead atoms. The second-order valence-electron chi connectivity index (χ2n) is 7.53. The summed E-state index contributed by atoms with van der Waals surface area (Å²) in [6.07, 6.45) is 0. The van der Waals surface area contributed by atoms with Crippen LogP contribution in [0.3, 0.4) is 0 Å². The molecule has 0 spiro atoms. The van der Waals surface area contributed by atoms with Gasteiger partial charge in [-0.15, -0.1) is 0 Å². The monoisotopic (exact) mass is 480 g/mol. The minimum Gasteiger partial charge on any atom is -0.369 e. The van der Waals surface area contributed by atoms with E-state index in [-0.39, 0.29) is 15.9 Å². The molecule has 0 atom stereocenters. The van der Waals surface area contributed by atoms with Gasteiger partial charge in [-0.3, -0.25) is 10.1 Å². The number of rotatable bonds is 5. The number of piperazine rings is 1. The largest absolute Gasteiger partial charge is 0.369 e. The van der Waals surface area contributed by atoms with Crippen molar-refractivity contribution in [3.05, 3.63) is 90.5 Å². The van der Waals surface area contributed by atoms with Gasteiger partial charge >= 0.3 is 0 Å². The van der Waals surface area contributed by atoms with E-state index in [2.05, 4.69) is 15.5 Å². The summed E-state index contributed by atoms with van der Waals surface area (Å²) >= 11 is 5.20. The standard InChI is InChI=1S/C24H24N4O3S2/c29-23(19-7-3-1-4-8-19)26-24(32)25-20-11-13-22(14-12-20)33(30,31)28-17-15-27(16-18-28)21-9-5-2-6-10-21/h1-14H,15-18H2,(H2,25,26,29,32). The molecule has 170 valence electrons. The van der Waals surface area contributed by atoms with Crippen LogP contribution in [0.15, 0.2) is 89.8 Å². The van der Waals surface area contributed by atoms with Gasteiger partial charge in [0.25, 0.3) is 5.91 Å². The van der Waals surface area contributed by atoms with E-state index in [4.69, 9.17) is 12.2 Å². The Labute approximate surface area is 199 Å². The topological polar surface area (TPSA) is 81.8 Å². The second kappa shape index (κ2) is 10.1. The SMILES string of the molecule is O=C(NC(=S)Nc1ccc(S(=O)(=O)N2CCN(c3ccccc3)CC2)cc1)c1ccccc1. The van der Waals surface area contributed by atoms with Crippen molar-refractivity contribution in [3.63, 3.8) is 0 Å². The van der Waals surface area contributed by atoms with Crippen LogP contribution in [-0.2, 0) is 10.0 Å². The molecular weight excluding hydrogens is 456 g/mol. The van der Waals surface area contributed by atoms with Crippen molar-refractivity contribution < 1.29 is 13.2 Å². The van der Waals surface area contributed by atoms with Crippen LogP contribution in [0.25, 0.3) is 0 Å². The first-order chi connectivity index (χ1) is 15.9. The fourth-order valence-electron chi connectivity index (χ4n) is 3.61. The zero-order chi connectivity index (χ0) is 23.3. The van der Waals surface area contributed by atoms with Gasteiger partial charge < -0.3 is 10.2 Å². The smallest absolute Gasteiger partial charge is 0.257 e. The molecule has 0 aromatic heterocycles. The number of thiocarbonyl (C=S) groups is 1. The molecule has 9 heteroatoms. The molecule has 0 radical (unpaired) electrons. The molecule has 7 nitrogen and oxygen atoms in total. The summed E-state index contributed by atoms with van der Waals surface area (Å²) in [4.78, 5) is 14.6. The summed E-state index contributed by atoms with van der Waals surface area (Å²) in [5.74, 6) is -0.318. The van der Waals surface area contributed by atoms with E-state index in [1.165, 1.54) is 4.31 Å². The van der Waals surface area contributed by atoms with Gasteiger partial charge in [-0.05, 0) is 60.7 Å². The molecule has 3 aromatic carbocycles. The molecule has 1 aliphatic rings. The average Bonchev–Trinajstić information content (AvgIpc) is 2.85. The molecule has 1 saturated heterocycles. The minimum absolute atomic E-state index is 0.136. The highest BCUT2D eigenvalue weighted by Crippen LogP contribution is 2.22. The Bertz CT molecular complexity index is 1210. The van der Waals surface area contributed by atoms with Gasteiger partial charge in [0.05, 0.1) is 4.90 Å². The van der Waals surface area contributed by atoms with E-state index in [1.54, 1.807) is 48.5 Å². The molecule has 0 saturated carbocycles. The van der Waals surface area contributed by atoms with E-state index in [0.29, 0.717) is 37.4 Å². The first-order valence-electron chi connectivity index (χ1n) is 10.5. The predicted molar refractivity (Wildman–Crippen MR) is 134 cm³/mol. The predicted octanol–water partition coefficient (Wildman–Crippen LogP) is 3.32. The van der Waals surface area contributed by atoms with Crippen molar-refractivity contribution in [2.45, 2.75) is 4.90 Å². The first kappa shape index (κ1) is 22.9. The molecule has 0 aliphatic carbocycles. The molecule has 3 aromatic rings. The number of para-hydroxylation sites is 1. The first-order valence-corrected chi connectivity index (χ1v) is 12.4. The molecular formula is C24H24N4O3S2. The summed E-state index contributed by atoms with van der Waals surface area (Å²) in [5, 5.41) is 5.65. The van der Waals surface area contributed by atoms with Gasteiger partial charge in [-0.25, -0.2) is 8.42 Å². The molecule has 1 aliphatic heterocycles. The molecule has 1 heterocycles. The van der Waals surface area contributed by atoms with Gasteiger partial charge in [-0.2, -0.15) is 4.31 Å². The normalized spacial score (nSPS) is 14.5. The quantitative estimate of drug-likeness (QED) is 0.546. The van der Waals surface area contributed by atoms with E-state index in [1.807, 2.05) is 36.4 Å². The van der Waals surface area contributed by atoms with E-state index >= 15 is 0 Å². The number of carbonyl (C=O) groups is 1. The molecule has 4 rings (SSSR count). The lowest BCUT2D eigenvalue weighted by atomic mass is 10.2. The maximum absolute atomic E-state index is 13.1. The van der Waals surface area contributed by atoms with Crippen molar-refractivity contribution in [3.8, 4) is 0 Å². The lowest BCUT2D eigenvalue weighted by Crippen LogP contribution is -2.48. The van der Waals surface area contributed by atoms with Crippen molar-refractivity contribution >= 4 is 44.6 Å². The lowest BCUT2D eigenvalue weighted by molar-refractivity contribution is 0.0977. The van der Waals surface area contributed by atoms with Crippen LogP contribution in [0.1, 0.15) is 10.4 Å². The third kappa shape index (κ3) is 5.57. The zero-order valence-corrected chi connectivity index (χ0v) is 19.5. The molecule has 2 N–H and O–H groups in total. The van der Waals surface area contributed by atoms with Crippen LogP contribution < -0.4 is 15.5 Å². The Balaban J connectivity index is 1.34. The number of anilines is 2. The van der Waals surface area contributed by atoms with E-state index in [9.17, 15) is 13.2 Å². The Kier molecular flexibility index (Phi) is 7.02. The summed E-state index contributed by atoms with van der Waals surface area (Å²) in [6, 6.07) is 25.1. The molecule has 1 fully saturated rings. The summed E-state index contributed by atoms with van der Waals surface area (Å²) < 4.78 is 27.7. The van der Waals surface area contributed by atoms with Gasteiger partial charge in [0.2, 0.25) is 10.0 Å². The maximum atomic E-state index is 13.1. The Morgan fingerprint density at radius 2 is 1.36 bits per heavy atom. The minimum atomic E-state index is -3.59. The highest BCUT2D eigenvalue weighted by molar-refractivity contribution is 7.89. The molecule has 33 heavy (non-hydrogen) atoms. The number of nitrogens with zero attached hydrogens (tertiary/aromatic N) is 2. The number of sulfonamides is 1. The van der Waals surface area contributed by atoms with E-state index in [0.717, 1.165) is 5.69 Å². The number of benzene rings is 3. The Morgan fingerprint density at radius 3 is 1.97 bits per heavy atom. The van der Waals surface area contributed by atoms with Gasteiger partial charge in [-0.1, -0.05) is 36.4 Å². The van der Waals surface area contributed by atoms with Crippen LogP contribution in [0.5, 0.6) is 0 Å². The summed E-state index contributed by atoms with van der Waals surface area (Å²) in [7, 11) is -3.59. The number of hydrogen-bond acceptors (Lipinski definition) is 5. The number of hydrogen-bond donors (Lipinski definition) is 2. The van der Waals surface area contributed by atoms with Crippen molar-refractivity contribution in [1.82, 2.24) is 9.62 Å². The third-order valence-corrected chi connectivity index (χ3v) is 7.49. The fourth-order valence-corrected chi connectivity index (χ4v) is 5.24. The second-order valence-corrected chi connectivity index (χ2v) is 9.87. The van der Waals surface area contributed by atoms with Crippen molar-refractivity contribution in [1.29, 1.82) is 0 Å². The summed E-state index contributed by atoms with van der Waals surface area (Å²) in [5.41, 5.74) is 2.18. The fraction of sp³-hybridized carbons (Fsp3) is 0.167. The highest BCUT2D eigenvalue weighted by Gasteiger charge is 2.28. The van der Waals surface area contributed by atoms with Gasteiger partial charge in [0.1, 0.15) is 0 Å². The van der Waals surface area contributed by atoms with Crippen LogP contribution in [-0.4, -0.2) is 49.9 Å². The van der Waals surface area contributed by atoms with Crippen LogP contribution in [0.4, 0.5) is 11.4 Å². The highest BCUT2D eigenvalue weighted by atomic mass is 32.2. The number of amides is 1. The van der Waals surface area contributed by atoms with Crippen molar-refractivity contribution in [2.24, 2.45) is 0 Å². The zero-order valence-electron chi connectivity index (χ0n) is 17.8.